The molecule has 0 saturated carbocycles. The zero-order valence-corrected chi connectivity index (χ0v) is 29.6. The van der Waals surface area contributed by atoms with Gasteiger partial charge in [0.1, 0.15) is 63.7 Å². The molecule has 0 radical (unpaired) electrons. The maximum Gasteiger partial charge on any atom is 0.251 e. The van der Waals surface area contributed by atoms with Crippen molar-refractivity contribution in [1.29, 1.82) is 0 Å². The van der Waals surface area contributed by atoms with Gasteiger partial charge in [-0.2, -0.15) is 4.40 Å². The Bertz CT molecular complexity index is 1680. The number of amides is 1. The van der Waals surface area contributed by atoms with Crippen LogP contribution in [0.4, 0.5) is 5.69 Å². The summed E-state index contributed by atoms with van der Waals surface area (Å²) in [7, 11) is 0. The van der Waals surface area contributed by atoms with Crippen LogP contribution in [0.15, 0.2) is 47.5 Å². The minimum Gasteiger partial charge on any atom is -1.00 e. The van der Waals surface area contributed by atoms with Crippen molar-refractivity contribution in [2.24, 2.45) is 11.8 Å². The molecule has 0 aliphatic carbocycles. The molecule has 46 heavy (non-hydrogen) atoms. The predicted molar refractivity (Wildman–Crippen MR) is 168 cm³/mol. The largest absolute Gasteiger partial charge is 1.00 e. The first-order valence-electron chi connectivity index (χ1n) is 15.5. The summed E-state index contributed by atoms with van der Waals surface area (Å²) in [5, 5.41) is 33.2. The fourth-order valence-electron chi connectivity index (χ4n) is 8.44. The van der Waals surface area contributed by atoms with Gasteiger partial charge in [-0.3, -0.25) is 9.28 Å². The van der Waals surface area contributed by atoms with E-state index in [1.54, 1.807) is 18.7 Å². The molecule has 14 heteroatoms. The second-order valence-corrected chi connectivity index (χ2v) is 15.0. The van der Waals surface area contributed by atoms with Crippen molar-refractivity contribution in [2.45, 2.75) is 44.0 Å². The number of piperazine rings is 3. The Balaban J connectivity index is 0.00000208. The maximum atomic E-state index is 12.8. The molecule has 10 nitrogen and oxygen atoms in total. The average molecular weight is 711 g/mol. The van der Waals surface area contributed by atoms with Crippen LogP contribution in [0.2, 0.25) is 0 Å². The summed E-state index contributed by atoms with van der Waals surface area (Å²) < 4.78 is 6.43. The van der Waals surface area contributed by atoms with Gasteiger partial charge in [-0.25, -0.2) is 4.57 Å². The molecule has 5 aliphatic rings. The fraction of sp³-hybridized carbons (Fsp3) is 0.531. The Morgan fingerprint density at radius 1 is 1.17 bits per heavy atom. The quantitative estimate of drug-likeness (QED) is 0.0999. The topological polar surface area (TPSA) is 109 Å². The lowest BCUT2D eigenvalue weighted by Gasteiger charge is -2.55. The van der Waals surface area contributed by atoms with Crippen molar-refractivity contribution in [1.82, 2.24) is 13.8 Å². The van der Waals surface area contributed by atoms with Gasteiger partial charge in [0.15, 0.2) is 0 Å². The number of aromatic nitrogens is 2. The first-order valence-corrected chi connectivity index (χ1v) is 17.6. The van der Waals surface area contributed by atoms with E-state index in [0.29, 0.717) is 5.57 Å². The Morgan fingerprint density at radius 2 is 1.85 bits per heavy atom. The number of nitrogens with zero attached hydrogens (tertiary/aromatic N) is 5. The number of aliphatic hydroxyl groups is 2. The van der Waals surface area contributed by atoms with Gasteiger partial charge in [0, 0.05) is 23.1 Å². The minimum absolute atomic E-state index is 0. The van der Waals surface area contributed by atoms with E-state index >= 15 is 0 Å². The number of thiazole rings is 1. The smallest absolute Gasteiger partial charge is 0.251 e. The zero-order chi connectivity index (χ0) is 31.1. The van der Waals surface area contributed by atoms with Gasteiger partial charge < -0.3 is 54.3 Å². The van der Waals surface area contributed by atoms with E-state index in [-0.39, 0.29) is 61.0 Å². The van der Waals surface area contributed by atoms with Gasteiger partial charge >= 0.3 is 0 Å². The van der Waals surface area contributed by atoms with E-state index in [4.69, 9.17) is 0 Å². The number of aliphatic carboxylic acids is 1. The number of quaternary nitrogens is 2. The third-order valence-electron chi connectivity index (χ3n) is 11.1. The molecular weight excluding hydrogens is 669 g/mol. The molecule has 4 fully saturated rings. The number of carbonyl (C=O) groups is 2. The normalized spacial score (nSPS) is 29.7. The summed E-state index contributed by atoms with van der Waals surface area (Å²) >= 11 is 3.20. The molecular formula is C32H41Cl2N5O5S2. The number of benzene rings is 1. The summed E-state index contributed by atoms with van der Waals surface area (Å²) in [6.07, 6.45) is 5.28. The van der Waals surface area contributed by atoms with E-state index in [1.807, 2.05) is 13.1 Å². The van der Waals surface area contributed by atoms with E-state index < -0.39 is 18.0 Å². The van der Waals surface area contributed by atoms with Crippen molar-refractivity contribution in [3.63, 3.8) is 0 Å². The maximum absolute atomic E-state index is 12.8. The second kappa shape index (κ2) is 12.7. The number of halogens is 2. The van der Waals surface area contributed by atoms with Crippen molar-refractivity contribution in [2.75, 3.05) is 58.7 Å². The van der Waals surface area contributed by atoms with Crippen LogP contribution in [0.25, 0.3) is 10.4 Å². The Hall–Kier alpha value is -2.16. The molecule has 0 spiro atoms. The highest BCUT2D eigenvalue weighted by atomic mass is 35.5. The van der Waals surface area contributed by atoms with E-state index in [2.05, 4.69) is 52.7 Å². The molecule has 7 heterocycles. The minimum atomic E-state index is -1.36. The first-order chi connectivity index (χ1) is 21.0. The van der Waals surface area contributed by atoms with E-state index in [9.17, 15) is 24.9 Å². The highest BCUT2D eigenvalue weighted by Gasteiger charge is 2.59. The number of hydrogen-bond acceptors (Lipinski definition) is 7. The van der Waals surface area contributed by atoms with Crippen LogP contribution in [0.1, 0.15) is 37.3 Å². The number of thioether (sulfide) groups is 1. The number of fused-ring (bicyclic) bond motifs is 5. The number of rotatable bonds is 9. The van der Waals surface area contributed by atoms with Crippen LogP contribution in [-0.4, -0.2) is 107 Å². The number of carbonyl (C=O) groups excluding carboxylic acids is 2. The van der Waals surface area contributed by atoms with E-state index in [0.717, 1.165) is 69.5 Å². The van der Waals surface area contributed by atoms with Crippen LogP contribution in [0.5, 0.6) is 0 Å². The SMILES string of the molecule is CSc1c2sc(C3=C(C(=O)[O-])N4C(=O)[C@H]([C@@H](C)O)[C@H]4[C@H]3C)cn2c[n+]1C(C)c1cccc([N+]23CC[N+](CCO)(CC2)CC3)c1.[Cl-].[Cl-]. The van der Waals surface area contributed by atoms with Gasteiger partial charge in [0.2, 0.25) is 15.8 Å². The Kier molecular flexibility index (Phi) is 9.71. The highest BCUT2D eigenvalue weighted by Crippen LogP contribution is 2.51. The number of β-lactam (4-membered cyclic amide) rings is 1. The lowest BCUT2D eigenvalue weighted by molar-refractivity contribution is -0.940. The van der Waals surface area contributed by atoms with Gasteiger partial charge in [-0.05, 0) is 26.2 Å². The van der Waals surface area contributed by atoms with Gasteiger partial charge in [-0.1, -0.05) is 42.2 Å². The Labute approximate surface area is 289 Å². The van der Waals surface area contributed by atoms with Crippen molar-refractivity contribution in [3.8, 4) is 0 Å². The third kappa shape index (κ3) is 5.11. The van der Waals surface area contributed by atoms with E-state index in [1.165, 1.54) is 27.5 Å². The first kappa shape index (κ1) is 35.2. The lowest BCUT2D eigenvalue weighted by Crippen LogP contribution is -3.00. The molecule has 2 N–H and O–H groups in total. The molecule has 1 amide bonds. The molecule has 3 aromatic rings. The van der Waals surface area contributed by atoms with Gasteiger partial charge in [0.25, 0.3) is 6.33 Å². The van der Waals surface area contributed by atoms with Crippen molar-refractivity contribution < 1.29 is 58.8 Å². The molecule has 1 aromatic carbocycles. The molecule has 250 valence electrons. The molecule has 8 rings (SSSR count). The summed E-state index contributed by atoms with van der Waals surface area (Å²) in [6, 6.07) is 8.76. The summed E-state index contributed by atoms with van der Waals surface area (Å²) in [4.78, 5) is 28.3. The summed E-state index contributed by atoms with van der Waals surface area (Å²) in [5.41, 5.74) is 3.17. The van der Waals surface area contributed by atoms with Crippen LogP contribution in [-0.2, 0) is 9.59 Å². The van der Waals surface area contributed by atoms with Crippen LogP contribution in [0, 0.1) is 11.8 Å². The fourth-order valence-corrected chi connectivity index (χ4v) is 10.7. The molecule has 2 bridgehead atoms. The molecule has 5 atom stereocenters. The van der Waals surface area contributed by atoms with Gasteiger partial charge in [-0.15, -0.1) is 0 Å². The zero-order valence-electron chi connectivity index (χ0n) is 26.4. The van der Waals surface area contributed by atoms with Crippen molar-refractivity contribution in [3.05, 3.63) is 52.9 Å². The van der Waals surface area contributed by atoms with Crippen molar-refractivity contribution >= 4 is 51.1 Å². The third-order valence-corrected chi connectivity index (χ3v) is 13.1. The van der Waals surface area contributed by atoms with Crippen LogP contribution < -0.4 is 39.0 Å². The molecule has 1 unspecified atom stereocenters. The second-order valence-electron chi connectivity index (χ2n) is 13.2. The number of aliphatic hydroxyl groups excluding tert-OH is 2. The number of hydrogen-bond donors (Lipinski definition) is 2. The molecule has 5 aliphatic heterocycles. The number of carboxylic acid groups (broad SMARTS) is 1. The highest BCUT2D eigenvalue weighted by molar-refractivity contribution is 7.98. The van der Waals surface area contributed by atoms with Gasteiger partial charge in [0.05, 0.1) is 41.2 Å². The van der Waals surface area contributed by atoms with Crippen LogP contribution >= 0.6 is 23.1 Å². The monoisotopic (exact) mass is 709 g/mol. The Morgan fingerprint density at radius 3 is 2.43 bits per heavy atom. The number of carboxylic acids is 1. The molecule has 2 aromatic heterocycles. The summed E-state index contributed by atoms with van der Waals surface area (Å²) in [6.45, 7) is 13.5. The lowest BCUT2D eigenvalue weighted by atomic mass is 9.77. The summed E-state index contributed by atoms with van der Waals surface area (Å²) in [5.74, 6) is -2.55. The average Bonchev–Trinajstić information content (AvgIpc) is 3.65. The number of imidazole rings is 1. The predicted octanol–water partition coefficient (Wildman–Crippen LogP) is -4.91. The molecule has 4 saturated heterocycles. The van der Waals surface area contributed by atoms with Crippen LogP contribution in [0.3, 0.4) is 0 Å². The standard InChI is InChI=1S/C32H41N5O5S2.2ClH/c1-19-25(28(32(41)42)35-27(19)26(21(3)39)29(35)40)24-17-33-18-34(31(43-4)30(33)44-24)20(2)22-6-5-7-23(16-22)37-11-8-36(9-12-37,10-13-37)14-15-38;;/h5-7,16-21,26-27,38-39H,8-15H2,1-4H3;2*1H/q+2;;/p-2/t19-,20?,21+,26+,27+,36?,37?;;/m0../s1.